The maximum atomic E-state index is 12.0. The number of hydrogen-bond acceptors (Lipinski definition) is 6. The molecule has 6 heteroatoms. The van der Waals surface area contributed by atoms with Crippen LogP contribution in [0.5, 0.6) is 11.5 Å². The van der Waals surface area contributed by atoms with E-state index in [9.17, 15) is 20.0 Å². The van der Waals surface area contributed by atoms with Gasteiger partial charge < -0.3 is 14.6 Å². The normalized spacial score (nSPS) is 10.0. The molecule has 0 spiro atoms. The topological polar surface area (TPSA) is 96.6 Å². The molecule has 0 unspecified atom stereocenters. The molecule has 0 fully saturated rings. The first kappa shape index (κ1) is 19.0. The predicted octanol–water partition coefficient (Wildman–Crippen LogP) is 3.49. The van der Waals surface area contributed by atoms with E-state index in [0.29, 0.717) is 5.56 Å². The van der Waals surface area contributed by atoms with E-state index in [4.69, 9.17) is 9.47 Å². The number of rotatable bonds is 6. The average Bonchev–Trinajstić information content (AvgIpc) is 2.62. The van der Waals surface area contributed by atoms with E-state index in [1.54, 1.807) is 6.92 Å². The van der Waals surface area contributed by atoms with Gasteiger partial charge >= 0.3 is 11.9 Å². The van der Waals surface area contributed by atoms with Crippen molar-refractivity contribution in [3.05, 3.63) is 47.5 Å². The van der Waals surface area contributed by atoms with Crippen LogP contribution < -0.4 is 4.74 Å². The largest absolute Gasteiger partial charge is 0.503 e. The highest BCUT2D eigenvalue weighted by Crippen LogP contribution is 2.36. The Morgan fingerprint density at radius 2 is 1.85 bits per heavy atom. The number of nitrogens with zero attached hydrogens (tertiary/aromatic N) is 1. The minimum absolute atomic E-state index is 0.000976. The lowest BCUT2D eigenvalue weighted by molar-refractivity contribution is -0.146. The summed E-state index contributed by atoms with van der Waals surface area (Å²) in [5.41, 5.74) is 2.47. The van der Waals surface area contributed by atoms with E-state index < -0.39 is 17.7 Å². The molecule has 0 heterocycles. The van der Waals surface area contributed by atoms with Crippen molar-refractivity contribution >= 4 is 11.9 Å². The number of ether oxygens (including phenoxy) is 2. The van der Waals surface area contributed by atoms with Gasteiger partial charge in [-0.15, -0.1) is 0 Å². The third-order valence-electron chi connectivity index (χ3n) is 3.71. The van der Waals surface area contributed by atoms with Crippen LogP contribution in [0.2, 0.25) is 0 Å². The predicted molar refractivity (Wildman–Crippen MR) is 94.5 cm³/mol. The minimum atomic E-state index is -0.695. The Bertz CT molecular complexity index is 867. The molecule has 0 saturated carbocycles. The van der Waals surface area contributed by atoms with Gasteiger partial charge in [0.1, 0.15) is 6.07 Å². The van der Waals surface area contributed by atoms with E-state index in [1.165, 1.54) is 12.1 Å². The van der Waals surface area contributed by atoms with Crippen LogP contribution in [0.4, 0.5) is 0 Å². The molecule has 2 rings (SSSR count). The zero-order chi connectivity index (χ0) is 19.1. The van der Waals surface area contributed by atoms with Crippen molar-refractivity contribution in [1.29, 1.82) is 5.26 Å². The van der Waals surface area contributed by atoms with Crippen LogP contribution in [0, 0.1) is 18.3 Å². The van der Waals surface area contributed by atoms with E-state index in [1.807, 2.05) is 37.3 Å². The van der Waals surface area contributed by atoms with Gasteiger partial charge in [-0.25, -0.2) is 0 Å². The number of carbonyl (C=O) groups is 2. The van der Waals surface area contributed by atoms with Crippen molar-refractivity contribution in [2.45, 2.75) is 26.7 Å². The molecule has 0 radical (unpaired) electrons. The number of phenolic OH excluding ortho intramolecular Hbond substituents is 1. The lowest BCUT2D eigenvalue weighted by Gasteiger charge is -2.12. The fraction of sp³-hybridized carbons (Fsp3) is 0.250. The summed E-state index contributed by atoms with van der Waals surface area (Å²) in [5, 5.41) is 19.4. The Hall–Kier alpha value is -3.33. The lowest BCUT2D eigenvalue weighted by atomic mass is 9.98. The molecule has 2 aromatic rings. The molecule has 0 aliphatic carbocycles. The molecular weight excluding hydrogens is 334 g/mol. The average molecular weight is 353 g/mol. The molecule has 0 aliphatic heterocycles. The van der Waals surface area contributed by atoms with E-state index in [2.05, 4.69) is 0 Å². The second-order valence-corrected chi connectivity index (χ2v) is 5.58. The summed E-state index contributed by atoms with van der Waals surface area (Å²) in [4.78, 5) is 23.3. The van der Waals surface area contributed by atoms with Crippen LogP contribution in [-0.2, 0) is 14.3 Å². The van der Waals surface area contributed by atoms with Gasteiger partial charge in [0.05, 0.1) is 25.0 Å². The van der Waals surface area contributed by atoms with Crippen molar-refractivity contribution in [3.63, 3.8) is 0 Å². The number of esters is 2. The molecule has 26 heavy (non-hydrogen) atoms. The quantitative estimate of drug-likeness (QED) is 0.631. The number of aryl methyl sites for hydroxylation is 1. The Morgan fingerprint density at radius 1 is 1.15 bits per heavy atom. The molecule has 2 aromatic carbocycles. The summed E-state index contributed by atoms with van der Waals surface area (Å²) in [5.74, 6) is -1.72. The van der Waals surface area contributed by atoms with E-state index in [0.717, 1.165) is 11.1 Å². The molecule has 0 amide bonds. The summed E-state index contributed by atoms with van der Waals surface area (Å²) in [6, 6.07) is 12.5. The number of phenols is 1. The monoisotopic (exact) mass is 353 g/mol. The van der Waals surface area contributed by atoms with Crippen LogP contribution in [0.1, 0.15) is 30.9 Å². The second kappa shape index (κ2) is 8.67. The van der Waals surface area contributed by atoms with Gasteiger partial charge in [0.2, 0.25) is 0 Å². The first-order valence-electron chi connectivity index (χ1n) is 8.15. The molecule has 0 bridgehead atoms. The molecule has 0 aromatic heterocycles. The summed E-state index contributed by atoms with van der Waals surface area (Å²) in [6.07, 6.45) is -0.301. The highest BCUT2D eigenvalue weighted by molar-refractivity contribution is 5.81. The Balaban J connectivity index is 2.27. The molecule has 0 atom stereocenters. The number of carbonyl (C=O) groups excluding carboxylic acids is 2. The maximum absolute atomic E-state index is 12.0. The fourth-order valence-electron chi connectivity index (χ4n) is 2.43. The van der Waals surface area contributed by atoms with E-state index in [-0.39, 0.29) is 30.8 Å². The highest BCUT2D eigenvalue weighted by Gasteiger charge is 2.17. The van der Waals surface area contributed by atoms with Crippen molar-refractivity contribution in [2.75, 3.05) is 6.61 Å². The molecule has 6 nitrogen and oxygen atoms in total. The maximum Gasteiger partial charge on any atom is 0.311 e. The van der Waals surface area contributed by atoms with Crippen molar-refractivity contribution in [2.24, 2.45) is 0 Å². The zero-order valence-electron chi connectivity index (χ0n) is 14.6. The van der Waals surface area contributed by atoms with Gasteiger partial charge in [0.15, 0.2) is 11.5 Å². The lowest BCUT2D eigenvalue weighted by Crippen LogP contribution is -2.12. The SMILES string of the molecule is CCOC(=O)CCC(=O)Oc1cc(-c2ccccc2C)cc(C#N)c1O. The van der Waals surface area contributed by atoms with Gasteiger partial charge in [-0.1, -0.05) is 24.3 Å². The first-order valence-corrected chi connectivity index (χ1v) is 8.15. The van der Waals surface area contributed by atoms with Gasteiger partial charge in [0, 0.05) is 0 Å². The molecule has 134 valence electrons. The Labute approximate surface area is 151 Å². The zero-order valence-corrected chi connectivity index (χ0v) is 14.6. The number of aromatic hydroxyl groups is 1. The first-order chi connectivity index (χ1) is 12.5. The van der Waals surface area contributed by atoms with Gasteiger partial charge in [-0.2, -0.15) is 5.26 Å². The molecule has 1 N–H and O–H groups in total. The summed E-state index contributed by atoms with van der Waals surface area (Å²) in [7, 11) is 0. The van der Waals surface area contributed by atoms with E-state index >= 15 is 0 Å². The summed E-state index contributed by atoms with van der Waals surface area (Å²) >= 11 is 0. The number of benzene rings is 2. The molecule has 0 saturated heterocycles. The second-order valence-electron chi connectivity index (χ2n) is 5.58. The Kier molecular flexibility index (Phi) is 6.34. The van der Waals surface area contributed by atoms with Crippen molar-refractivity contribution in [3.8, 4) is 28.7 Å². The Morgan fingerprint density at radius 3 is 2.50 bits per heavy atom. The fourth-order valence-corrected chi connectivity index (χ4v) is 2.43. The van der Waals surface area contributed by atoms with Gasteiger partial charge in [-0.05, 0) is 42.7 Å². The van der Waals surface area contributed by atoms with Gasteiger partial charge in [-0.3, -0.25) is 9.59 Å². The molecular formula is C20H19NO5. The van der Waals surface area contributed by atoms with Crippen LogP contribution in [0.3, 0.4) is 0 Å². The summed E-state index contributed by atoms with van der Waals surface area (Å²) in [6.45, 7) is 3.83. The minimum Gasteiger partial charge on any atom is -0.503 e. The van der Waals surface area contributed by atoms with Crippen molar-refractivity contribution in [1.82, 2.24) is 0 Å². The van der Waals surface area contributed by atoms with Crippen LogP contribution in [0.25, 0.3) is 11.1 Å². The van der Waals surface area contributed by atoms with Gasteiger partial charge in [0.25, 0.3) is 0 Å². The van der Waals surface area contributed by atoms with Crippen molar-refractivity contribution < 1.29 is 24.2 Å². The number of nitriles is 1. The van der Waals surface area contributed by atoms with Crippen LogP contribution in [0.15, 0.2) is 36.4 Å². The molecule has 0 aliphatic rings. The highest BCUT2D eigenvalue weighted by atomic mass is 16.5. The smallest absolute Gasteiger partial charge is 0.311 e. The summed E-state index contributed by atoms with van der Waals surface area (Å²) < 4.78 is 9.92. The third-order valence-corrected chi connectivity index (χ3v) is 3.71. The van der Waals surface area contributed by atoms with Crippen LogP contribution in [-0.4, -0.2) is 23.7 Å². The number of hydrogen-bond donors (Lipinski definition) is 1. The third kappa shape index (κ3) is 4.61. The van der Waals surface area contributed by atoms with Crippen LogP contribution >= 0.6 is 0 Å². The standard InChI is InChI=1S/C20H19NO5/c1-3-25-18(22)8-9-19(23)26-17-11-14(10-15(12-21)20(17)24)16-7-5-4-6-13(16)2/h4-7,10-11,24H,3,8-9H2,1-2H3.